The largest absolute Gasteiger partial charge is 0.378 e. The van der Waals surface area contributed by atoms with E-state index in [0.717, 1.165) is 31.6 Å². The molecule has 1 fully saturated rings. The normalized spacial score (nSPS) is 22.5. The number of nitrogens with two attached hydrogens (primary N) is 1. The Labute approximate surface area is 96.0 Å². The predicted octanol–water partition coefficient (Wildman–Crippen LogP) is 0.644. The molecule has 0 aliphatic carbocycles. The summed E-state index contributed by atoms with van der Waals surface area (Å²) in [5, 5.41) is 7.93. The van der Waals surface area contributed by atoms with Gasteiger partial charge in [0, 0.05) is 32.3 Å². The van der Waals surface area contributed by atoms with E-state index in [4.69, 9.17) is 10.5 Å². The van der Waals surface area contributed by atoms with Gasteiger partial charge < -0.3 is 10.5 Å². The van der Waals surface area contributed by atoms with Gasteiger partial charge >= 0.3 is 0 Å². The highest BCUT2D eigenvalue weighted by Crippen LogP contribution is 2.17. The molecule has 0 bridgehead atoms. The molecule has 5 nitrogen and oxygen atoms in total. The second-order valence-corrected chi connectivity index (χ2v) is 4.56. The number of aromatic nitrogens is 3. The molecule has 2 atom stereocenters. The minimum Gasteiger partial charge on any atom is -0.378 e. The Hall–Kier alpha value is -0.940. The highest BCUT2D eigenvalue weighted by molar-refractivity contribution is 4.95. The van der Waals surface area contributed by atoms with Gasteiger partial charge in [-0.2, -0.15) is 0 Å². The smallest absolute Gasteiger partial charge is 0.0842 e. The van der Waals surface area contributed by atoms with Crippen molar-refractivity contribution in [1.82, 2.24) is 15.0 Å². The van der Waals surface area contributed by atoms with E-state index in [2.05, 4.69) is 10.3 Å². The van der Waals surface area contributed by atoms with Gasteiger partial charge in [0.1, 0.15) is 0 Å². The molecule has 0 amide bonds. The van der Waals surface area contributed by atoms with E-state index < -0.39 is 0 Å². The molecule has 16 heavy (non-hydrogen) atoms. The van der Waals surface area contributed by atoms with Crippen LogP contribution in [-0.4, -0.2) is 33.7 Å². The number of nitrogens with zero attached hydrogens (tertiary/aromatic N) is 3. The molecule has 1 aromatic rings. The lowest BCUT2D eigenvalue weighted by molar-refractivity contribution is 0.101. The summed E-state index contributed by atoms with van der Waals surface area (Å²) in [4.78, 5) is 0. The molecule has 5 heteroatoms. The highest BCUT2D eigenvalue weighted by atomic mass is 16.5. The van der Waals surface area contributed by atoms with Crippen molar-refractivity contribution < 1.29 is 4.74 Å². The molecule has 1 aliphatic rings. The van der Waals surface area contributed by atoms with Gasteiger partial charge in [0.2, 0.25) is 0 Å². The number of aryl methyl sites for hydroxylation is 1. The van der Waals surface area contributed by atoms with E-state index in [0.29, 0.717) is 6.10 Å². The zero-order valence-corrected chi connectivity index (χ0v) is 9.80. The Morgan fingerprint density at radius 1 is 1.69 bits per heavy atom. The van der Waals surface area contributed by atoms with Gasteiger partial charge in [-0.15, -0.1) is 5.10 Å². The van der Waals surface area contributed by atoms with Crippen LogP contribution >= 0.6 is 0 Å². The summed E-state index contributed by atoms with van der Waals surface area (Å²) in [6.07, 6.45) is 7.63. The molecule has 2 rings (SSSR count). The first-order valence-corrected chi connectivity index (χ1v) is 5.96. The fourth-order valence-electron chi connectivity index (χ4n) is 2.13. The molecule has 90 valence electrons. The van der Waals surface area contributed by atoms with Crippen LogP contribution < -0.4 is 5.73 Å². The fraction of sp³-hybridized carbons (Fsp3) is 0.818. The molecular weight excluding hydrogens is 204 g/mol. The third kappa shape index (κ3) is 3.28. The van der Waals surface area contributed by atoms with Crippen molar-refractivity contribution in [3.8, 4) is 0 Å². The maximum absolute atomic E-state index is 6.06. The monoisotopic (exact) mass is 224 g/mol. The Morgan fingerprint density at radius 3 is 3.19 bits per heavy atom. The number of rotatable bonds is 5. The summed E-state index contributed by atoms with van der Waals surface area (Å²) >= 11 is 0. The van der Waals surface area contributed by atoms with Crippen molar-refractivity contribution >= 4 is 0 Å². The van der Waals surface area contributed by atoms with Crippen LogP contribution in [-0.2, 0) is 18.2 Å². The quantitative estimate of drug-likeness (QED) is 0.797. The van der Waals surface area contributed by atoms with Crippen molar-refractivity contribution in [3.05, 3.63) is 11.9 Å². The minimum atomic E-state index is 0.167. The summed E-state index contributed by atoms with van der Waals surface area (Å²) in [5.74, 6) is 0. The molecule has 0 aromatic carbocycles. The van der Waals surface area contributed by atoms with Crippen LogP contribution in [0, 0.1) is 0 Å². The summed E-state index contributed by atoms with van der Waals surface area (Å²) < 4.78 is 7.28. The molecule has 0 spiro atoms. The van der Waals surface area contributed by atoms with Crippen molar-refractivity contribution in [1.29, 1.82) is 0 Å². The van der Waals surface area contributed by atoms with E-state index in [9.17, 15) is 0 Å². The number of hydrogen-bond donors (Lipinski definition) is 1. The standard InChI is InChI=1S/C11H20N4O/c1-15-8-10(13-14-15)7-9(12)4-5-11-3-2-6-16-11/h8-9,11H,2-7,12H2,1H3. The first kappa shape index (κ1) is 11.5. The van der Waals surface area contributed by atoms with Crippen molar-refractivity contribution in [2.45, 2.75) is 44.2 Å². The Balaban J connectivity index is 1.69. The van der Waals surface area contributed by atoms with Crippen LogP contribution in [0.15, 0.2) is 6.20 Å². The van der Waals surface area contributed by atoms with Gasteiger partial charge in [-0.1, -0.05) is 5.21 Å². The van der Waals surface area contributed by atoms with Crippen molar-refractivity contribution in [2.75, 3.05) is 6.61 Å². The molecule has 2 heterocycles. The summed E-state index contributed by atoms with van der Waals surface area (Å²) in [6.45, 7) is 0.921. The van der Waals surface area contributed by atoms with Crippen LogP contribution in [0.5, 0.6) is 0 Å². The Morgan fingerprint density at radius 2 is 2.56 bits per heavy atom. The van der Waals surface area contributed by atoms with E-state index in [1.807, 2.05) is 13.2 Å². The van der Waals surface area contributed by atoms with Gasteiger partial charge in [-0.05, 0) is 25.7 Å². The van der Waals surface area contributed by atoms with E-state index >= 15 is 0 Å². The van der Waals surface area contributed by atoms with E-state index in [1.54, 1.807) is 4.68 Å². The zero-order valence-electron chi connectivity index (χ0n) is 9.80. The lowest BCUT2D eigenvalue weighted by Gasteiger charge is -2.13. The predicted molar refractivity (Wildman–Crippen MR) is 60.9 cm³/mol. The van der Waals surface area contributed by atoms with Gasteiger partial charge in [-0.3, -0.25) is 4.68 Å². The lowest BCUT2D eigenvalue weighted by Crippen LogP contribution is -2.24. The van der Waals surface area contributed by atoms with Crippen molar-refractivity contribution in [2.24, 2.45) is 12.8 Å². The highest BCUT2D eigenvalue weighted by Gasteiger charge is 2.17. The van der Waals surface area contributed by atoms with E-state index in [1.165, 1.54) is 12.8 Å². The number of ether oxygens (including phenoxy) is 1. The third-order valence-electron chi connectivity index (χ3n) is 3.00. The molecule has 1 saturated heterocycles. The third-order valence-corrected chi connectivity index (χ3v) is 3.00. The molecule has 2 N–H and O–H groups in total. The second-order valence-electron chi connectivity index (χ2n) is 4.56. The second kappa shape index (κ2) is 5.41. The van der Waals surface area contributed by atoms with Gasteiger partial charge in [0.15, 0.2) is 0 Å². The minimum absolute atomic E-state index is 0.167. The van der Waals surface area contributed by atoms with Crippen molar-refractivity contribution in [3.63, 3.8) is 0 Å². The molecule has 1 aliphatic heterocycles. The SMILES string of the molecule is Cn1cc(CC(N)CCC2CCCO2)nn1. The Kier molecular flexibility index (Phi) is 3.90. The first-order chi connectivity index (χ1) is 7.74. The summed E-state index contributed by atoms with van der Waals surface area (Å²) in [7, 11) is 1.87. The summed E-state index contributed by atoms with van der Waals surface area (Å²) in [6, 6.07) is 0.167. The fourth-order valence-corrected chi connectivity index (χ4v) is 2.13. The van der Waals surface area contributed by atoms with Gasteiger partial charge in [0.25, 0.3) is 0 Å². The van der Waals surface area contributed by atoms with E-state index in [-0.39, 0.29) is 6.04 Å². The molecule has 0 radical (unpaired) electrons. The average Bonchev–Trinajstić information content (AvgIpc) is 2.87. The average molecular weight is 224 g/mol. The number of hydrogen-bond acceptors (Lipinski definition) is 4. The molecule has 1 aromatic heterocycles. The van der Waals surface area contributed by atoms with Gasteiger partial charge in [-0.25, -0.2) is 0 Å². The molecular formula is C11H20N4O. The lowest BCUT2D eigenvalue weighted by atomic mass is 10.0. The van der Waals surface area contributed by atoms with Crippen LogP contribution in [0.2, 0.25) is 0 Å². The van der Waals surface area contributed by atoms with Crippen LogP contribution in [0.3, 0.4) is 0 Å². The maximum atomic E-state index is 6.06. The van der Waals surface area contributed by atoms with Crippen LogP contribution in [0.1, 0.15) is 31.4 Å². The van der Waals surface area contributed by atoms with Gasteiger partial charge in [0.05, 0.1) is 11.8 Å². The maximum Gasteiger partial charge on any atom is 0.0842 e. The Bertz CT molecular complexity index is 320. The molecule has 0 saturated carbocycles. The summed E-state index contributed by atoms with van der Waals surface area (Å²) in [5.41, 5.74) is 7.03. The first-order valence-electron chi connectivity index (χ1n) is 5.96. The zero-order chi connectivity index (χ0) is 11.4. The molecule has 2 unspecified atom stereocenters. The van der Waals surface area contributed by atoms with Crippen LogP contribution in [0.4, 0.5) is 0 Å². The topological polar surface area (TPSA) is 66.0 Å². The van der Waals surface area contributed by atoms with Crippen LogP contribution in [0.25, 0.3) is 0 Å².